The molecule has 2 saturated heterocycles. The number of halogens is 1. The average Bonchev–Trinajstić information content (AvgIpc) is 2.69. The number of sulfonamides is 1. The van der Waals surface area contributed by atoms with Crippen LogP contribution in [0.1, 0.15) is 32.1 Å². The Morgan fingerprint density at radius 3 is 2.63 bits per heavy atom. The third-order valence-electron chi connectivity index (χ3n) is 5.53. The molecule has 27 heavy (non-hydrogen) atoms. The molecule has 2 heterocycles. The molecule has 3 rings (SSSR count). The summed E-state index contributed by atoms with van der Waals surface area (Å²) in [6.07, 6.45) is 4.29. The highest BCUT2D eigenvalue weighted by Gasteiger charge is 2.33. The minimum absolute atomic E-state index is 0.00158. The molecule has 0 spiro atoms. The zero-order chi connectivity index (χ0) is 19.3. The van der Waals surface area contributed by atoms with Crippen LogP contribution in [-0.2, 0) is 14.8 Å². The van der Waals surface area contributed by atoms with Crippen molar-refractivity contribution >= 4 is 15.9 Å². The third-order valence-corrected chi connectivity index (χ3v) is 7.46. The summed E-state index contributed by atoms with van der Waals surface area (Å²) in [6.45, 7) is 3.24. The Bertz CT molecular complexity index is 742. The molecule has 1 atom stereocenters. The van der Waals surface area contributed by atoms with E-state index < -0.39 is 15.8 Å². The Labute approximate surface area is 160 Å². The maximum Gasteiger partial charge on any atom is 0.245 e. The molecular weight excluding hydrogens is 369 g/mol. The van der Waals surface area contributed by atoms with Crippen LogP contribution in [0.3, 0.4) is 0 Å². The van der Waals surface area contributed by atoms with Crippen molar-refractivity contribution in [2.45, 2.75) is 37.0 Å². The maximum absolute atomic E-state index is 13.9. The number of benzene rings is 1. The molecule has 0 aromatic heterocycles. The second kappa shape index (κ2) is 9.12. The fraction of sp³-hybridized carbons (Fsp3) is 0.632. The van der Waals surface area contributed by atoms with Gasteiger partial charge in [-0.2, -0.15) is 4.31 Å². The molecule has 150 valence electrons. The van der Waals surface area contributed by atoms with Crippen molar-refractivity contribution in [3.05, 3.63) is 30.1 Å². The highest BCUT2D eigenvalue weighted by atomic mass is 32.2. The monoisotopic (exact) mass is 397 g/mol. The van der Waals surface area contributed by atoms with Crippen LogP contribution in [0.4, 0.5) is 4.39 Å². The van der Waals surface area contributed by atoms with Gasteiger partial charge in [-0.1, -0.05) is 12.1 Å². The summed E-state index contributed by atoms with van der Waals surface area (Å²) >= 11 is 0. The molecule has 1 aromatic rings. The Hall–Kier alpha value is -1.51. The van der Waals surface area contributed by atoms with E-state index in [-0.39, 0.29) is 29.8 Å². The molecule has 2 aliphatic heterocycles. The normalized spacial score (nSPS) is 22.5. The van der Waals surface area contributed by atoms with Crippen LogP contribution in [-0.4, -0.2) is 51.4 Å². The second-order valence-electron chi connectivity index (χ2n) is 7.40. The van der Waals surface area contributed by atoms with Crippen molar-refractivity contribution in [3.63, 3.8) is 0 Å². The van der Waals surface area contributed by atoms with E-state index in [4.69, 9.17) is 0 Å². The van der Waals surface area contributed by atoms with Crippen molar-refractivity contribution in [2.24, 2.45) is 11.8 Å². The maximum atomic E-state index is 13.9. The van der Waals surface area contributed by atoms with Crippen LogP contribution in [0.2, 0.25) is 0 Å². The number of carbonyl (C=O) groups excluding carboxylic acids is 1. The number of carbonyl (C=O) groups is 1. The minimum atomic E-state index is -3.85. The molecule has 6 nitrogen and oxygen atoms in total. The third kappa shape index (κ3) is 5.06. The van der Waals surface area contributed by atoms with Crippen LogP contribution in [0.15, 0.2) is 29.2 Å². The summed E-state index contributed by atoms with van der Waals surface area (Å²) in [5.74, 6) is -0.301. The molecule has 2 N–H and O–H groups in total. The van der Waals surface area contributed by atoms with E-state index in [1.165, 1.54) is 35.3 Å². The van der Waals surface area contributed by atoms with Gasteiger partial charge >= 0.3 is 0 Å². The van der Waals surface area contributed by atoms with Gasteiger partial charge in [0.25, 0.3) is 0 Å². The van der Waals surface area contributed by atoms with Crippen molar-refractivity contribution < 1.29 is 17.6 Å². The smallest absolute Gasteiger partial charge is 0.245 e. The summed E-state index contributed by atoms with van der Waals surface area (Å²) in [5.41, 5.74) is 0. The molecule has 0 aliphatic carbocycles. The van der Waals surface area contributed by atoms with Crippen LogP contribution < -0.4 is 10.6 Å². The van der Waals surface area contributed by atoms with Gasteiger partial charge in [0.2, 0.25) is 15.9 Å². The van der Waals surface area contributed by atoms with Gasteiger partial charge in [0, 0.05) is 25.6 Å². The van der Waals surface area contributed by atoms with Gasteiger partial charge in [0.05, 0.1) is 0 Å². The van der Waals surface area contributed by atoms with Crippen molar-refractivity contribution in [2.75, 3.05) is 32.7 Å². The molecule has 1 amide bonds. The zero-order valence-corrected chi connectivity index (χ0v) is 16.3. The number of nitrogens with zero attached hydrogens (tertiary/aromatic N) is 1. The molecule has 0 bridgehead atoms. The van der Waals surface area contributed by atoms with Crippen LogP contribution >= 0.6 is 0 Å². The number of rotatable bonds is 6. The zero-order valence-electron chi connectivity index (χ0n) is 15.5. The minimum Gasteiger partial charge on any atom is -0.356 e. The number of piperidine rings is 2. The molecule has 8 heteroatoms. The standard InChI is InChI=1S/C19H28FN3O3S/c20-17-5-1-2-6-18(17)27(25,26)23-12-8-16(9-13-23)19(24)22-11-7-15-4-3-10-21-14-15/h1-2,5-6,15-16,21H,3-4,7-14H2,(H,22,24). The molecule has 2 aliphatic rings. The van der Waals surface area contributed by atoms with Crippen LogP contribution in [0.5, 0.6) is 0 Å². The summed E-state index contributed by atoms with van der Waals surface area (Å²) in [4.78, 5) is 12.1. The molecule has 2 fully saturated rings. The lowest BCUT2D eigenvalue weighted by atomic mass is 9.95. The second-order valence-corrected chi connectivity index (χ2v) is 9.31. The number of amides is 1. The van der Waals surface area contributed by atoms with Crippen LogP contribution in [0, 0.1) is 17.7 Å². The average molecular weight is 398 g/mol. The molecule has 0 saturated carbocycles. The van der Waals surface area contributed by atoms with Crippen LogP contribution in [0.25, 0.3) is 0 Å². The first-order chi connectivity index (χ1) is 13.0. The summed E-state index contributed by atoms with van der Waals surface area (Å²) in [7, 11) is -3.85. The van der Waals surface area contributed by atoms with Gasteiger partial charge in [-0.25, -0.2) is 12.8 Å². The van der Waals surface area contributed by atoms with Gasteiger partial charge in [-0.3, -0.25) is 4.79 Å². The Morgan fingerprint density at radius 2 is 1.96 bits per heavy atom. The van der Waals surface area contributed by atoms with Gasteiger partial charge in [-0.15, -0.1) is 0 Å². The van der Waals surface area contributed by atoms with Crippen molar-refractivity contribution in [1.29, 1.82) is 0 Å². The van der Waals surface area contributed by atoms with Gasteiger partial charge in [-0.05, 0) is 63.2 Å². The predicted octanol–water partition coefficient (Wildman–Crippen LogP) is 1.73. The van der Waals surface area contributed by atoms with E-state index >= 15 is 0 Å². The SMILES string of the molecule is O=C(NCCC1CCCNC1)C1CCN(S(=O)(=O)c2ccccc2F)CC1. The first kappa shape index (κ1) is 20.2. The predicted molar refractivity (Wildman–Crippen MR) is 101 cm³/mol. The Kier molecular flexibility index (Phi) is 6.83. The fourth-order valence-corrected chi connectivity index (χ4v) is 5.40. The van der Waals surface area contributed by atoms with E-state index in [0.29, 0.717) is 25.3 Å². The van der Waals surface area contributed by atoms with E-state index in [1.54, 1.807) is 0 Å². The lowest BCUT2D eigenvalue weighted by molar-refractivity contribution is -0.126. The molecular formula is C19H28FN3O3S. The quantitative estimate of drug-likeness (QED) is 0.766. The largest absolute Gasteiger partial charge is 0.356 e. The lowest BCUT2D eigenvalue weighted by Crippen LogP contribution is -2.43. The van der Waals surface area contributed by atoms with E-state index in [2.05, 4.69) is 10.6 Å². The van der Waals surface area contributed by atoms with E-state index in [0.717, 1.165) is 25.6 Å². The van der Waals surface area contributed by atoms with Crippen molar-refractivity contribution in [1.82, 2.24) is 14.9 Å². The highest BCUT2D eigenvalue weighted by molar-refractivity contribution is 7.89. The first-order valence-corrected chi connectivity index (χ1v) is 11.2. The Balaban J connectivity index is 1.46. The summed E-state index contributed by atoms with van der Waals surface area (Å²) in [6, 6.07) is 5.41. The topological polar surface area (TPSA) is 78.5 Å². The van der Waals surface area contributed by atoms with Gasteiger partial charge in [0.1, 0.15) is 10.7 Å². The number of nitrogens with one attached hydrogen (secondary N) is 2. The fourth-order valence-electron chi connectivity index (χ4n) is 3.87. The van der Waals surface area contributed by atoms with E-state index in [1.807, 2.05) is 0 Å². The van der Waals surface area contributed by atoms with Gasteiger partial charge in [0.15, 0.2) is 0 Å². The summed E-state index contributed by atoms with van der Waals surface area (Å²) in [5, 5.41) is 6.37. The number of hydrogen-bond acceptors (Lipinski definition) is 4. The number of hydrogen-bond donors (Lipinski definition) is 2. The van der Waals surface area contributed by atoms with Crippen molar-refractivity contribution in [3.8, 4) is 0 Å². The highest BCUT2D eigenvalue weighted by Crippen LogP contribution is 2.25. The van der Waals surface area contributed by atoms with E-state index in [9.17, 15) is 17.6 Å². The lowest BCUT2D eigenvalue weighted by Gasteiger charge is -2.30. The summed E-state index contributed by atoms with van der Waals surface area (Å²) < 4.78 is 40.4. The first-order valence-electron chi connectivity index (χ1n) is 9.71. The molecule has 0 radical (unpaired) electrons. The molecule has 1 unspecified atom stereocenters. The van der Waals surface area contributed by atoms with Gasteiger partial charge < -0.3 is 10.6 Å². The molecule has 1 aromatic carbocycles. The Morgan fingerprint density at radius 1 is 1.22 bits per heavy atom.